The summed E-state index contributed by atoms with van der Waals surface area (Å²) in [5.74, 6) is 0.211. The van der Waals surface area contributed by atoms with Crippen LogP contribution in [0.2, 0.25) is 0 Å². The molecular weight excluding hydrogens is 464 g/mol. The van der Waals surface area contributed by atoms with Gasteiger partial charge in [0.15, 0.2) is 11.5 Å². The number of carbonyl (C=O) groups excluding carboxylic acids is 2. The highest BCUT2D eigenvalue weighted by Gasteiger charge is 2.21. The number of hydrogen-bond acceptors (Lipinski definition) is 6. The number of carbonyl (C=O) groups is 2. The first kappa shape index (κ1) is 23.3. The van der Waals surface area contributed by atoms with E-state index in [1.54, 1.807) is 12.1 Å². The van der Waals surface area contributed by atoms with E-state index in [4.69, 9.17) is 0 Å². The van der Waals surface area contributed by atoms with Gasteiger partial charge in [0.1, 0.15) is 5.69 Å². The molecule has 188 valence electrons. The summed E-state index contributed by atoms with van der Waals surface area (Å²) < 4.78 is 0. The van der Waals surface area contributed by atoms with Crippen LogP contribution in [-0.2, 0) is 0 Å². The number of H-pyrrole nitrogens is 1. The zero-order valence-corrected chi connectivity index (χ0v) is 20.7. The van der Waals surface area contributed by atoms with Gasteiger partial charge in [-0.3, -0.25) is 24.7 Å². The molecule has 0 unspecified atom stereocenters. The normalized spacial score (nSPS) is 15.9. The van der Waals surface area contributed by atoms with E-state index < -0.39 is 0 Å². The first-order valence-corrected chi connectivity index (χ1v) is 13.1. The number of nitrogens with one attached hydrogen (secondary N) is 2. The van der Waals surface area contributed by atoms with E-state index in [0.717, 1.165) is 53.6 Å². The third-order valence-corrected chi connectivity index (χ3v) is 7.56. The maximum atomic E-state index is 13.1. The van der Waals surface area contributed by atoms with Crippen LogP contribution >= 0.6 is 0 Å². The number of rotatable bonds is 7. The first-order chi connectivity index (χ1) is 18.1. The third-order valence-electron chi connectivity index (χ3n) is 7.56. The van der Waals surface area contributed by atoms with Crippen molar-refractivity contribution in [2.75, 3.05) is 23.3 Å². The number of hydrogen-bond donors (Lipinski definition) is 2. The van der Waals surface area contributed by atoms with Crippen LogP contribution in [0.5, 0.6) is 0 Å². The lowest BCUT2D eigenvalue weighted by Gasteiger charge is -2.17. The largest absolute Gasteiger partial charge is 0.370 e. The molecule has 2 fully saturated rings. The monoisotopic (exact) mass is 494 g/mol. The molecule has 1 aliphatic carbocycles. The summed E-state index contributed by atoms with van der Waals surface area (Å²) in [6.07, 6.45) is 12.9. The fraction of sp³-hybridized carbons (Fsp3) is 0.345. The van der Waals surface area contributed by atoms with Crippen molar-refractivity contribution in [1.82, 2.24) is 20.2 Å². The number of fused-ring (bicyclic) bond motifs is 1. The average Bonchev–Trinajstić information content (AvgIpc) is 3.71. The average molecular weight is 495 g/mol. The van der Waals surface area contributed by atoms with Gasteiger partial charge in [-0.1, -0.05) is 31.7 Å². The Morgan fingerprint density at radius 3 is 2.57 bits per heavy atom. The second-order valence-corrected chi connectivity index (χ2v) is 10.1. The van der Waals surface area contributed by atoms with Crippen LogP contribution in [0.3, 0.4) is 0 Å². The Morgan fingerprint density at radius 2 is 1.78 bits per heavy atom. The van der Waals surface area contributed by atoms with Gasteiger partial charge in [0.2, 0.25) is 0 Å². The van der Waals surface area contributed by atoms with Crippen LogP contribution in [-0.4, -0.2) is 44.9 Å². The maximum Gasteiger partial charge on any atom is 0.276 e. The van der Waals surface area contributed by atoms with Gasteiger partial charge < -0.3 is 10.2 Å². The Balaban J connectivity index is 1.19. The summed E-state index contributed by atoms with van der Waals surface area (Å²) in [7, 11) is 0. The number of amides is 1. The van der Waals surface area contributed by atoms with Crippen molar-refractivity contribution in [2.24, 2.45) is 5.92 Å². The number of aromatic amines is 1. The molecule has 4 heterocycles. The third kappa shape index (κ3) is 4.96. The highest BCUT2D eigenvalue weighted by Crippen LogP contribution is 2.30. The van der Waals surface area contributed by atoms with Crippen molar-refractivity contribution in [3.05, 3.63) is 66.4 Å². The number of ketones is 1. The summed E-state index contributed by atoms with van der Waals surface area (Å²) in [4.78, 5) is 36.8. The molecule has 8 heteroatoms. The predicted molar refractivity (Wildman–Crippen MR) is 144 cm³/mol. The first-order valence-electron chi connectivity index (χ1n) is 13.1. The van der Waals surface area contributed by atoms with Gasteiger partial charge in [0.05, 0.1) is 29.3 Å². The van der Waals surface area contributed by atoms with Crippen molar-refractivity contribution in [2.45, 2.75) is 44.9 Å². The van der Waals surface area contributed by atoms with Crippen molar-refractivity contribution < 1.29 is 9.59 Å². The molecule has 4 aromatic rings. The van der Waals surface area contributed by atoms with Gasteiger partial charge in [0, 0.05) is 36.7 Å². The van der Waals surface area contributed by atoms with E-state index in [1.807, 2.05) is 30.6 Å². The lowest BCUT2D eigenvalue weighted by molar-refractivity contribution is 0.0956. The molecular formula is C29H30N6O2. The molecule has 37 heavy (non-hydrogen) atoms. The van der Waals surface area contributed by atoms with Gasteiger partial charge in [-0.2, -0.15) is 5.10 Å². The summed E-state index contributed by atoms with van der Waals surface area (Å²) in [6, 6.07) is 11.5. The highest BCUT2D eigenvalue weighted by molar-refractivity contribution is 6.11. The number of benzene rings is 1. The molecule has 1 aromatic carbocycles. The molecule has 1 saturated heterocycles. The minimum Gasteiger partial charge on any atom is -0.370 e. The van der Waals surface area contributed by atoms with E-state index in [2.05, 4.69) is 36.4 Å². The molecule has 2 N–H and O–H groups in total. The zero-order valence-electron chi connectivity index (χ0n) is 20.7. The van der Waals surface area contributed by atoms with Crippen molar-refractivity contribution in [3.8, 4) is 11.1 Å². The van der Waals surface area contributed by atoms with Crippen molar-refractivity contribution in [1.29, 1.82) is 0 Å². The molecule has 0 radical (unpaired) electrons. The molecule has 1 amide bonds. The Kier molecular flexibility index (Phi) is 6.39. The number of nitrogens with zero attached hydrogens (tertiary/aromatic N) is 4. The van der Waals surface area contributed by atoms with E-state index >= 15 is 0 Å². The quantitative estimate of drug-likeness (QED) is 0.323. The second-order valence-electron chi connectivity index (χ2n) is 10.1. The van der Waals surface area contributed by atoms with E-state index in [0.29, 0.717) is 29.4 Å². The summed E-state index contributed by atoms with van der Waals surface area (Å²) in [6.45, 7) is 2.11. The molecule has 0 bridgehead atoms. The minimum atomic E-state index is -0.334. The molecule has 1 saturated carbocycles. The lowest BCUT2D eigenvalue weighted by atomic mass is 9.99. The molecule has 2 aliphatic rings. The molecule has 1 aliphatic heterocycles. The Hall–Kier alpha value is -4.07. The Labute approximate surface area is 215 Å². The fourth-order valence-corrected chi connectivity index (χ4v) is 5.50. The number of aromatic nitrogens is 4. The second kappa shape index (κ2) is 10.1. The van der Waals surface area contributed by atoms with Crippen LogP contribution in [0.15, 0.2) is 55.0 Å². The molecule has 8 nitrogen and oxygen atoms in total. The van der Waals surface area contributed by atoms with Gasteiger partial charge in [-0.25, -0.2) is 0 Å². The van der Waals surface area contributed by atoms with Crippen molar-refractivity contribution >= 4 is 34.0 Å². The van der Waals surface area contributed by atoms with Gasteiger partial charge in [0.25, 0.3) is 5.91 Å². The Morgan fingerprint density at radius 1 is 0.946 bits per heavy atom. The van der Waals surface area contributed by atoms with Crippen LogP contribution in [0, 0.1) is 5.92 Å². The van der Waals surface area contributed by atoms with Crippen LogP contribution in [0.25, 0.3) is 22.0 Å². The van der Waals surface area contributed by atoms with Crippen LogP contribution < -0.4 is 10.2 Å². The maximum absolute atomic E-state index is 13.1. The van der Waals surface area contributed by atoms with E-state index in [1.165, 1.54) is 31.9 Å². The summed E-state index contributed by atoms with van der Waals surface area (Å²) >= 11 is 0. The van der Waals surface area contributed by atoms with Crippen LogP contribution in [0.1, 0.15) is 65.9 Å². The van der Waals surface area contributed by atoms with Gasteiger partial charge >= 0.3 is 0 Å². The van der Waals surface area contributed by atoms with Crippen molar-refractivity contribution in [3.63, 3.8) is 0 Å². The number of anilines is 2. The predicted octanol–water partition coefficient (Wildman–Crippen LogP) is 5.64. The Bertz CT molecular complexity index is 1430. The van der Waals surface area contributed by atoms with Gasteiger partial charge in [-0.15, -0.1) is 0 Å². The standard InChI is InChI=1S/C29H30N6O2/c36-27(13-19-5-1-2-6-19)26-10-8-22(17-31-26)32-29(37)28-24-15-20(7-9-25(24)33-34-28)21-14-23(18-30-16-21)35-11-3-4-12-35/h7-10,14-19H,1-6,11-13H2,(H,32,37)(H,33,34). The SMILES string of the molecule is O=C(CC1CCCC1)c1ccc(NC(=O)c2n[nH]c3ccc(-c4cncc(N5CCCC5)c4)cc23)cn1. The van der Waals surface area contributed by atoms with E-state index in [-0.39, 0.29) is 11.7 Å². The molecule has 0 spiro atoms. The minimum absolute atomic E-state index is 0.0684. The topological polar surface area (TPSA) is 104 Å². The van der Waals surface area contributed by atoms with Crippen LogP contribution in [0.4, 0.5) is 11.4 Å². The summed E-state index contributed by atoms with van der Waals surface area (Å²) in [5.41, 5.74) is 5.16. The smallest absolute Gasteiger partial charge is 0.276 e. The van der Waals surface area contributed by atoms with Gasteiger partial charge in [-0.05, 0) is 54.7 Å². The fourth-order valence-electron chi connectivity index (χ4n) is 5.50. The lowest BCUT2D eigenvalue weighted by Crippen LogP contribution is -2.17. The molecule has 6 rings (SSSR count). The molecule has 3 aromatic heterocycles. The zero-order chi connectivity index (χ0) is 25.2. The molecule has 0 atom stereocenters. The highest BCUT2D eigenvalue weighted by atomic mass is 16.2. The van der Waals surface area contributed by atoms with E-state index in [9.17, 15) is 9.59 Å². The number of Topliss-reactive ketones (excluding diaryl/α,β-unsaturated/α-hetero) is 1. The number of pyridine rings is 2. The summed E-state index contributed by atoms with van der Waals surface area (Å²) in [5, 5.41) is 10.8.